The number of benzene rings is 1. The molecule has 4 heterocycles. The van der Waals surface area contributed by atoms with Gasteiger partial charge in [-0.25, -0.2) is 9.37 Å². The van der Waals surface area contributed by atoms with Crippen LogP contribution in [-0.2, 0) is 7.05 Å². The van der Waals surface area contributed by atoms with Gasteiger partial charge in [0, 0.05) is 48.7 Å². The van der Waals surface area contributed by atoms with E-state index in [1.54, 1.807) is 21.8 Å². The minimum Gasteiger partial charge on any atom is -0.382 e. The zero-order chi connectivity index (χ0) is 21.3. The Morgan fingerprint density at radius 2 is 2.00 bits per heavy atom. The fraction of sp³-hybridized carbons (Fsp3) is 0.348. The van der Waals surface area contributed by atoms with Crippen LogP contribution in [0.4, 0.5) is 21.7 Å². The molecule has 2 bridgehead atoms. The van der Waals surface area contributed by atoms with Crippen LogP contribution in [-0.4, -0.2) is 33.3 Å². The first-order valence-electron chi connectivity index (χ1n) is 10.7. The highest BCUT2D eigenvalue weighted by Gasteiger charge is 2.40. The van der Waals surface area contributed by atoms with Crippen LogP contribution >= 0.6 is 0 Å². The number of nitrogens with zero attached hydrogens (tertiary/aromatic N) is 5. The van der Waals surface area contributed by atoms with Crippen LogP contribution in [0.1, 0.15) is 47.6 Å². The molecule has 1 amide bonds. The SMILES string of the molecule is Cn1cc2c(n1)N(C1CC1)C(=O)c1ccc(F)cc1[C@H]1CCCN1c1cc-2cnc1N. The third-order valence-electron chi connectivity index (χ3n) is 6.54. The summed E-state index contributed by atoms with van der Waals surface area (Å²) in [6, 6.07) is 6.49. The minimum atomic E-state index is -0.343. The van der Waals surface area contributed by atoms with Crippen LogP contribution in [0.3, 0.4) is 0 Å². The van der Waals surface area contributed by atoms with Gasteiger partial charge in [-0.05, 0) is 55.5 Å². The second-order valence-corrected chi connectivity index (χ2v) is 8.66. The molecular weight excluding hydrogens is 395 g/mol. The van der Waals surface area contributed by atoms with Gasteiger partial charge in [0.1, 0.15) is 11.6 Å². The van der Waals surface area contributed by atoms with Gasteiger partial charge in [-0.3, -0.25) is 14.4 Å². The van der Waals surface area contributed by atoms with E-state index >= 15 is 0 Å². The van der Waals surface area contributed by atoms with Gasteiger partial charge in [0.2, 0.25) is 0 Å². The Morgan fingerprint density at radius 1 is 1.16 bits per heavy atom. The molecule has 1 atom stereocenters. The fourth-order valence-electron chi connectivity index (χ4n) is 4.98. The quantitative estimate of drug-likeness (QED) is 0.652. The van der Waals surface area contributed by atoms with Crippen molar-refractivity contribution >= 4 is 23.2 Å². The van der Waals surface area contributed by atoms with Gasteiger partial charge in [-0.1, -0.05) is 0 Å². The van der Waals surface area contributed by atoms with Gasteiger partial charge in [-0.2, -0.15) is 5.10 Å². The fourth-order valence-corrected chi connectivity index (χ4v) is 4.98. The summed E-state index contributed by atoms with van der Waals surface area (Å²) in [6.45, 7) is 0.774. The number of amides is 1. The zero-order valence-electron chi connectivity index (χ0n) is 17.3. The summed E-state index contributed by atoms with van der Waals surface area (Å²) in [6.07, 6.45) is 7.27. The monoisotopic (exact) mass is 418 g/mol. The Morgan fingerprint density at radius 3 is 2.81 bits per heavy atom. The molecule has 31 heavy (non-hydrogen) atoms. The van der Waals surface area contributed by atoms with Crippen molar-refractivity contribution in [2.75, 3.05) is 22.1 Å². The molecule has 0 unspecified atom stereocenters. The lowest BCUT2D eigenvalue weighted by Crippen LogP contribution is -2.35. The number of carbonyl (C=O) groups is 1. The van der Waals surface area contributed by atoms with Crippen LogP contribution in [0.5, 0.6) is 0 Å². The zero-order valence-corrected chi connectivity index (χ0v) is 17.3. The molecule has 0 spiro atoms. The number of hydrogen-bond acceptors (Lipinski definition) is 5. The Hall–Kier alpha value is -3.42. The average molecular weight is 418 g/mol. The predicted molar refractivity (Wildman–Crippen MR) is 116 cm³/mol. The van der Waals surface area contributed by atoms with Crippen molar-refractivity contribution in [1.29, 1.82) is 0 Å². The van der Waals surface area contributed by atoms with Gasteiger partial charge in [0.15, 0.2) is 5.82 Å². The minimum absolute atomic E-state index is 0.0979. The van der Waals surface area contributed by atoms with Crippen LogP contribution in [0.2, 0.25) is 0 Å². The number of aromatic nitrogens is 3. The van der Waals surface area contributed by atoms with E-state index in [1.165, 1.54) is 12.1 Å². The number of carbonyl (C=O) groups excluding carboxylic acids is 1. The van der Waals surface area contributed by atoms with Gasteiger partial charge < -0.3 is 10.6 Å². The Bertz CT molecular complexity index is 1220. The van der Waals surface area contributed by atoms with Crippen LogP contribution in [0.15, 0.2) is 36.7 Å². The van der Waals surface area contributed by atoms with E-state index in [4.69, 9.17) is 5.73 Å². The third kappa shape index (κ3) is 2.81. The molecule has 1 aromatic carbocycles. The highest BCUT2D eigenvalue weighted by molar-refractivity contribution is 6.09. The smallest absolute Gasteiger partial charge is 0.260 e. The molecule has 2 aromatic heterocycles. The van der Waals surface area contributed by atoms with Crippen molar-refractivity contribution in [2.45, 2.75) is 37.8 Å². The number of nitrogen functional groups attached to an aromatic ring is 1. The number of hydrogen-bond donors (Lipinski definition) is 1. The van der Waals surface area contributed by atoms with Gasteiger partial charge in [0.25, 0.3) is 5.91 Å². The number of halogens is 1. The van der Waals surface area contributed by atoms with Crippen LogP contribution < -0.4 is 15.5 Å². The third-order valence-corrected chi connectivity index (χ3v) is 6.54. The Labute approximate surface area is 179 Å². The first-order chi connectivity index (χ1) is 15.0. The van der Waals surface area contributed by atoms with E-state index in [1.807, 2.05) is 19.3 Å². The number of rotatable bonds is 1. The molecule has 3 aromatic rings. The number of fused-ring (bicyclic) bond motifs is 8. The lowest BCUT2D eigenvalue weighted by atomic mass is 9.96. The molecule has 3 aliphatic rings. The van der Waals surface area contributed by atoms with Crippen LogP contribution in [0.25, 0.3) is 11.1 Å². The van der Waals surface area contributed by atoms with Crippen molar-refractivity contribution in [2.24, 2.45) is 7.05 Å². The molecule has 0 radical (unpaired) electrons. The van der Waals surface area contributed by atoms with E-state index in [9.17, 15) is 9.18 Å². The molecule has 1 aliphatic carbocycles. The highest BCUT2D eigenvalue weighted by Crippen LogP contribution is 2.45. The lowest BCUT2D eigenvalue weighted by Gasteiger charge is -2.29. The number of anilines is 3. The maximum atomic E-state index is 14.4. The molecule has 8 heteroatoms. The van der Waals surface area contributed by atoms with E-state index in [0.29, 0.717) is 22.8 Å². The summed E-state index contributed by atoms with van der Waals surface area (Å²) in [5, 5.41) is 4.66. The topological polar surface area (TPSA) is 80.3 Å². The molecule has 2 N–H and O–H groups in total. The second kappa shape index (κ2) is 6.54. The van der Waals surface area contributed by atoms with Gasteiger partial charge in [0.05, 0.1) is 11.7 Å². The predicted octanol–water partition coefficient (Wildman–Crippen LogP) is 3.67. The van der Waals surface area contributed by atoms with Crippen molar-refractivity contribution in [3.05, 3.63) is 53.6 Å². The largest absolute Gasteiger partial charge is 0.382 e. The summed E-state index contributed by atoms with van der Waals surface area (Å²) in [7, 11) is 1.85. The molecule has 2 aliphatic heterocycles. The summed E-state index contributed by atoms with van der Waals surface area (Å²) in [4.78, 5) is 22.4. The summed E-state index contributed by atoms with van der Waals surface area (Å²) < 4.78 is 16.1. The molecule has 1 saturated carbocycles. The summed E-state index contributed by atoms with van der Waals surface area (Å²) in [5.74, 6) is 0.582. The number of aryl methyl sites for hydroxylation is 1. The highest BCUT2D eigenvalue weighted by atomic mass is 19.1. The van der Waals surface area contributed by atoms with Crippen molar-refractivity contribution < 1.29 is 9.18 Å². The van der Waals surface area contributed by atoms with E-state index < -0.39 is 0 Å². The molecular formula is C23H23FN6O. The average Bonchev–Trinajstić information content (AvgIpc) is 3.32. The molecule has 1 saturated heterocycles. The standard InChI is InChI=1S/C23H23FN6O/c1-28-12-18-13-9-20(21(25)26-11-13)29-8-2-3-19(29)17-10-14(24)4-7-16(17)23(31)30(15-5-6-15)22(18)27-28/h4,7,9-12,15,19H,2-3,5-6,8H2,1H3,(H2,25,26)/t19-/m1/s1. The van der Waals surface area contributed by atoms with Crippen molar-refractivity contribution in [1.82, 2.24) is 14.8 Å². The first-order valence-corrected chi connectivity index (χ1v) is 10.7. The first kappa shape index (κ1) is 18.4. The van der Waals surface area contributed by atoms with Crippen molar-refractivity contribution in [3.63, 3.8) is 0 Å². The van der Waals surface area contributed by atoms with E-state index in [0.717, 1.165) is 49.0 Å². The summed E-state index contributed by atoms with van der Waals surface area (Å²) in [5.41, 5.74) is 10.1. The van der Waals surface area contributed by atoms with E-state index in [-0.39, 0.29) is 23.8 Å². The molecule has 7 nitrogen and oxygen atoms in total. The maximum Gasteiger partial charge on any atom is 0.260 e. The van der Waals surface area contributed by atoms with Gasteiger partial charge >= 0.3 is 0 Å². The second-order valence-electron chi connectivity index (χ2n) is 8.66. The Balaban J connectivity index is 1.67. The van der Waals surface area contributed by atoms with Gasteiger partial charge in [-0.15, -0.1) is 0 Å². The molecule has 6 rings (SSSR count). The number of pyridine rings is 1. The van der Waals surface area contributed by atoms with E-state index in [2.05, 4.69) is 15.0 Å². The lowest BCUT2D eigenvalue weighted by molar-refractivity contribution is 0.0983. The molecule has 2 fully saturated rings. The Kier molecular flexibility index (Phi) is 3.87. The van der Waals surface area contributed by atoms with Crippen molar-refractivity contribution in [3.8, 4) is 11.1 Å². The number of nitrogens with two attached hydrogens (primary N) is 1. The van der Waals surface area contributed by atoms with Crippen LogP contribution in [0, 0.1) is 5.82 Å². The normalized spacial score (nSPS) is 20.2. The molecule has 158 valence electrons. The summed E-state index contributed by atoms with van der Waals surface area (Å²) >= 11 is 0. The maximum absolute atomic E-state index is 14.4.